The van der Waals surface area contributed by atoms with Gasteiger partial charge in [0.05, 0.1) is 5.52 Å². The van der Waals surface area contributed by atoms with Crippen LogP contribution in [0.5, 0.6) is 0 Å². The Hall–Kier alpha value is -0.490. The number of hydrogen-bond acceptors (Lipinski definition) is 2. The summed E-state index contributed by atoms with van der Waals surface area (Å²) in [5.41, 5.74) is 4.42. The normalized spacial score (nSPS) is 11.4. The van der Waals surface area contributed by atoms with Crippen LogP contribution in [0.2, 0.25) is 0 Å². The zero-order valence-corrected chi connectivity index (χ0v) is 13.7. The van der Waals surface area contributed by atoms with Crippen LogP contribution in [-0.2, 0) is 6.42 Å². The molecule has 1 aromatic carbocycles. The number of hydrogen-bond donors (Lipinski definition) is 0. The van der Waals surface area contributed by atoms with Gasteiger partial charge in [-0.2, -0.15) is 0 Å². The Labute approximate surface area is 124 Å². The van der Waals surface area contributed by atoms with Crippen LogP contribution in [0.3, 0.4) is 0 Å². The number of fused-ring (bicyclic) bond motifs is 1. The zero-order valence-electron chi connectivity index (χ0n) is 10.7. The molecular formula is C14H16INOS. The molecule has 2 nitrogen and oxygen atoms in total. The summed E-state index contributed by atoms with van der Waals surface area (Å²) < 4.78 is 2.11. The topological polar surface area (TPSA) is 22.0 Å². The van der Waals surface area contributed by atoms with Crippen molar-refractivity contribution in [3.05, 3.63) is 35.0 Å². The first-order valence-electron chi connectivity index (χ1n) is 5.96. The summed E-state index contributed by atoms with van der Waals surface area (Å²) in [6.45, 7) is 6.48. The molecule has 0 aliphatic heterocycles. The van der Waals surface area contributed by atoms with Crippen molar-refractivity contribution in [1.29, 1.82) is 0 Å². The van der Waals surface area contributed by atoms with Crippen molar-refractivity contribution in [3.63, 3.8) is 0 Å². The number of aldehydes is 1. The molecule has 0 amide bonds. The summed E-state index contributed by atoms with van der Waals surface area (Å²) in [6.07, 6.45) is 3.98. The number of carbonyl (C=O) groups excluding carboxylic acids is 1. The maximum atomic E-state index is 11.4. The SMILES string of the molecule is Cc1cc(CC(C)C)c(C=O)c2ccn(SI)c12. The molecule has 0 spiro atoms. The number of nitrogens with zero attached hydrogens (tertiary/aromatic N) is 1. The van der Waals surface area contributed by atoms with Crippen molar-refractivity contribution in [2.45, 2.75) is 27.2 Å². The van der Waals surface area contributed by atoms with Crippen molar-refractivity contribution in [2.75, 3.05) is 0 Å². The van der Waals surface area contributed by atoms with Gasteiger partial charge >= 0.3 is 0 Å². The largest absolute Gasteiger partial charge is 0.298 e. The number of halogens is 1. The summed E-state index contributed by atoms with van der Waals surface area (Å²) in [7, 11) is 1.63. The molecule has 0 unspecified atom stereocenters. The molecule has 0 atom stereocenters. The highest BCUT2D eigenvalue weighted by Crippen LogP contribution is 2.31. The van der Waals surface area contributed by atoms with Crippen LogP contribution in [0.4, 0.5) is 0 Å². The third-order valence-electron chi connectivity index (χ3n) is 3.07. The lowest BCUT2D eigenvalue weighted by Gasteiger charge is -2.12. The van der Waals surface area contributed by atoms with E-state index in [1.54, 1.807) is 9.12 Å². The fraction of sp³-hybridized carbons (Fsp3) is 0.357. The minimum Gasteiger partial charge on any atom is -0.298 e. The maximum Gasteiger partial charge on any atom is 0.151 e. The van der Waals surface area contributed by atoms with E-state index in [1.807, 2.05) is 12.3 Å². The van der Waals surface area contributed by atoms with Gasteiger partial charge in [-0.15, -0.1) is 0 Å². The van der Waals surface area contributed by atoms with Gasteiger partial charge in [0.2, 0.25) is 0 Å². The molecule has 2 rings (SSSR count). The average molecular weight is 373 g/mol. The van der Waals surface area contributed by atoms with E-state index in [0.717, 1.165) is 29.2 Å². The third-order valence-corrected chi connectivity index (χ3v) is 4.80. The molecule has 0 saturated carbocycles. The quantitative estimate of drug-likeness (QED) is 0.567. The first-order chi connectivity index (χ1) is 8.58. The molecule has 18 heavy (non-hydrogen) atoms. The number of benzene rings is 1. The highest BCUT2D eigenvalue weighted by atomic mass is 127. The number of rotatable bonds is 4. The van der Waals surface area contributed by atoms with E-state index >= 15 is 0 Å². The second-order valence-corrected chi connectivity index (χ2v) is 6.67. The van der Waals surface area contributed by atoms with Crippen LogP contribution in [0.1, 0.15) is 35.3 Å². The number of aryl methyl sites for hydroxylation is 1. The standard InChI is InChI=1S/C14H16INOS/c1-9(2)6-11-7-10(3)14-12(13(11)8-17)4-5-16(14)18-15/h4-5,7-9H,6H2,1-3H3. The minimum absolute atomic E-state index is 0.557. The van der Waals surface area contributed by atoms with Crippen molar-refractivity contribution in [1.82, 2.24) is 3.97 Å². The first kappa shape index (κ1) is 13.9. The summed E-state index contributed by atoms with van der Waals surface area (Å²) >= 11 is 2.26. The summed E-state index contributed by atoms with van der Waals surface area (Å²) in [5, 5.41) is 1.07. The summed E-state index contributed by atoms with van der Waals surface area (Å²) in [4.78, 5) is 11.4. The van der Waals surface area contributed by atoms with Crippen LogP contribution >= 0.6 is 30.3 Å². The monoisotopic (exact) mass is 373 g/mol. The fourth-order valence-corrected chi connectivity index (χ4v) is 3.81. The molecule has 0 N–H and O–H groups in total. The van der Waals surface area contributed by atoms with Crippen LogP contribution in [0.15, 0.2) is 18.3 Å². The van der Waals surface area contributed by atoms with Crippen molar-refractivity contribution >= 4 is 47.5 Å². The van der Waals surface area contributed by atoms with E-state index < -0.39 is 0 Å². The van der Waals surface area contributed by atoms with Gasteiger partial charge in [0, 0.05) is 47.5 Å². The van der Waals surface area contributed by atoms with Crippen molar-refractivity contribution in [2.24, 2.45) is 5.92 Å². The fourth-order valence-electron chi connectivity index (χ4n) is 2.40. The number of carbonyl (C=O) groups is 1. The Morgan fingerprint density at radius 2 is 2.22 bits per heavy atom. The Morgan fingerprint density at radius 1 is 1.50 bits per heavy atom. The molecule has 0 fully saturated rings. The molecule has 4 heteroatoms. The van der Waals surface area contributed by atoms with Gasteiger partial charge in [0.25, 0.3) is 0 Å². The highest BCUT2D eigenvalue weighted by molar-refractivity contribution is 14.2. The Kier molecular flexibility index (Phi) is 4.37. The molecular weight excluding hydrogens is 357 g/mol. The molecule has 1 aromatic heterocycles. The van der Waals surface area contributed by atoms with Gasteiger partial charge in [0.15, 0.2) is 6.29 Å². The second kappa shape index (κ2) is 5.65. The average Bonchev–Trinajstić information content (AvgIpc) is 2.73. The van der Waals surface area contributed by atoms with Crippen LogP contribution in [0.25, 0.3) is 10.9 Å². The molecule has 0 bridgehead atoms. The summed E-state index contributed by atoms with van der Waals surface area (Å²) in [6, 6.07) is 4.21. The van der Waals surface area contributed by atoms with Gasteiger partial charge in [-0.3, -0.25) is 8.77 Å². The molecule has 0 saturated heterocycles. The van der Waals surface area contributed by atoms with Crippen LogP contribution in [-0.4, -0.2) is 10.3 Å². The van der Waals surface area contributed by atoms with Gasteiger partial charge in [-0.05, 0) is 36.5 Å². The summed E-state index contributed by atoms with van der Waals surface area (Å²) in [5.74, 6) is 0.557. The zero-order chi connectivity index (χ0) is 13.3. The lowest BCUT2D eigenvalue weighted by atomic mass is 9.94. The number of aromatic nitrogens is 1. The molecule has 1 heterocycles. The molecule has 2 aromatic rings. The Balaban J connectivity index is 2.72. The van der Waals surface area contributed by atoms with Crippen LogP contribution < -0.4 is 0 Å². The van der Waals surface area contributed by atoms with Crippen LogP contribution in [0, 0.1) is 12.8 Å². The van der Waals surface area contributed by atoms with E-state index in [1.165, 1.54) is 11.1 Å². The third kappa shape index (κ3) is 2.45. The van der Waals surface area contributed by atoms with E-state index in [4.69, 9.17) is 0 Å². The highest BCUT2D eigenvalue weighted by Gasteiger charge is 2.14. The van der Waals surface area contributed by atoms with Gasteiger partial charge in [-0.25, -0.2) is 0 Å². The molecule has 0 aliphatic carbocycles. The van der Waals surface area contributed by atoms with Gasteiger partial charge in [0.1, 0.15) is 0 Å². The minimum atomic E-state index is 0.557. The van der Waals surface area contributed by atoms with Crippen molar-refractivity contribution < 1.29 is 4.79 Å². The van der Waals surface area contributed by atoms with E-state index in [2.05, 4.69) is 52.0 Å². The van der Waals surface area contributed by atoms with E-state index in [0.29, 0.717) is 5.92 Å². The van der Waals surface area contributed by atoms with E-state index in [-0.39, 0.29) is 0 Å². The van der Waals surface area contributed by atoms with E-state index in [9.17, 15) is 4.79 Å². The van der Waals surface area contributed by atoms with Gasteiger partial charge < -0.3 is 0 Å². The van der Waals surface area contributed by atoms with Gasteiger partial charge in [-0.1, -0.05) is 19.9 Å². The molecule has 96 valence electrons. The molecule has 0 radical (unpaired) electrons. The second-order valence-electron chi connectivity index (χ2n) is 4.95. The predicted octanol–water partition coefficient (Wildman–Crippen LogP) is 4.81. The Morgan fingerprint density at radius 3 is 2.78 bits per heavy atom. The predicted molar refractivity (Wildman–Crippen MR) is 87.6 cm³/mol. The smallest absolute Gasteiger partial charge is 0.151 e. The first-order valence-corrected chi connectivity index (χ1v) is 9.28. The molecule has 0 aliphatic rings. The Bertz CT molecular complexity index is 589. The lowest BCUT2D eigenvalue weighted by Crippen LogP contribution is -2.01. The lowest BCUT2D eigenvalue weighted by molar-refractivity contribution is 0.112. The van der Waals surface area contributed by atoms with Crippen molar-refractivity contribution in [3.8, 4) is 0 Å². The maximum absolute atomic E-state index is 11.4.